The zero-order chi connectivity index (χ0) is 12.0. The highest BCUT2D eigenvalue weighted by Crippen LogP contribution is 2.28. The smallest absolute Gasteiger partial charge is 0.118 e. The molecule has 0 N–H and O–H groups in total. The summed E-state index contributed by atoms with van der Waals surface area (Å²) in [6, 6.07) is 7.95. The van der Waals surface area contributed by atoms with Crippen LogP contribution in [0.2, 0.25) is 0 Å². The summed E-state index contributed by atoms with van der Waals surface area (Å²) in [7, 11) is 1.67. The van der Waals surface area contributed by atoms with Gasteiger partial charge in [-0.2, -0.15) is 0 Å². The van der Waals surface area contributed by atoms with E-state index in [1.54, 1.807) is 30.6 Å². The van der Waals surface area contributed by atoms with Gasteiger partial charge in [-0.15, -0.1) is 23.5 Å². The first-order valence-electron chi connectivity index (χ1n) is 4.84. The Morgan fingerprint density at radius 1 is 1.19 bits per heavy atom. The number of benzene rings is 1. The van der Waals surface area contributed by atoms with Gasteiger partial charge in [-0.3, -0.25) is 0 Å². The van der Waals surface area contributed by atoms with Gasteiger partial charge in [-0.25, -0.2) is 0 Å². The Labute approximate surface area is 106 Å². The van der Waals surface area contributed by atoms with Crippen LogP contribution < -0.4 is 4.74 Å². The summed E-state index contributed by atoms with van der Waals surface area (Å²) in [6.45, 7) is 4.07. The second-order valence-corrected chi connectivity index (χ2v) is 5.08. The van der Waals surface area contributed by atoms with Crippen molar-refractivity contribution in [2.45, 2.75) is 0 Å². The van der Waals surface area contributed by atoms with Crippen molar-refractivity contribution in [3.63, 3.8) is 0 Å². The molecule has 0 aliphatic rings. The van der Waals surface area contributed by atoms with Gasteiger partial charge in [0.2, 0.25) is 0 Å². The molecule has 1 rings (SSSR count). The number of thioether (sulfide) groups is 2. The van der Waals surface area contributed by atoms with Crippen molar-refractivity contribution in [2.75, 3.05) is 19.6 Å². The molecule has 0 amide bonds. The second-order valence-electron chi connectivity index (χ2n) is 3.13. The van der Waals surface area contributed by atoms with Crippen LogP contribution >= 0.6 is 23.5 Å². The third-order valence-corrected chi connectivity index (χ3v) is 4.20. The monoisotopic (exact) mass is 252 g/mol. The summed E-state index contributed by atoms with van der Waals surface area (Å²) in [5.41, 5.74) is 2.16. The molecular formula is C13H16OS2. The van der Waals surface area contributed by atoms with Crippen LogP contribution in [0.15, 0.2) is 41.2 Å². The van der Waals surface area contributed by atoms with Crippen LogP contribution in [0.1, 0.15) is 5.56 Å². The summed E-state index contributed by atoms with van der Waals surface area (Å²) >= 11 is 3.48. The molecule has 1 nitrogen and oxygen atoms in total. The van der Waals surface area contributed by atoms with E-state index in [0.29, 0.717) is 0 Å². The van der Waals surface area contributed by atoms with Gasteiger partial charge in [0.05, 0.1) is 7.11 Å². The van der Waals surface area contributed by atoms with Crippen molar-refractivity contribution < 1.29 is 4.74 Å². The highest BCUT2D eigenvalue weighted by atomic mass is 32.2. The average Bonchev–Trinajstić information content (AvgIpc) is 2.35. The Kier molecular flexibility index (Phi) is 5.56. The first kappa shape index (κ1) is 13.3. The summed E-state index contributed by atoms with van der Waals surface area (Å²) in [5, 5.41) is 0. The molecule has 0 heterocycles. The quantitative estimate of drug-likeness (QED) is 0.724. The molecule has 0 unspecified atom stereocenters. The van der Waals surface area contributed by atoms with Gasteiger partial charge in [-0.05, 0) is 41.9 Å². The lowest BCUT2D eigenvalue weighted by Gasteiger charge is -2.05. The van der Waals surface area contributed by atoms with Gasteiger partial charge >= 0.3 is 0 Å². The van der Waals surface area contributed by atoms with Crippen LogP contribution in [-0.2, 0) is 0 Å². The molecule has 0 saturated heterocycles. The van der Waals surface area contributed by atoms with Gasteiger partial charge in [0.15, 0.2) is 0 Å². The first-order chi connectivity index (χ1) is 7.71. The molecule has 86 valence electrons. The molecule has 0 bridgehead atoms. The zero-order valence-electron chi connectivity index (χ0n) is 9.82. The average molecular weight is 252 g/mol. The van der Waals surface area contributed by atoms with Gasteiger partial charge in [0.1, 0.15) is 5.75 Å². The van der Waals surface area contributed by atoms with Crippen molar-refractivity contribution in [3.05, 3.63) is 46.7 Å². The topological polar surface area (TPSA) is 9.23 Å². The Hall–Kier alpha value is -0.800. The maximum Gasteiger partial charge on any atom is 0.118 e. The zero-order valence-corrected chi connectivity index (χ0v) is 11.5. The van der Waals surface area contributed by atoms with Crippen molar-refractivity contribution in [1.29, 1.82) is 0 Å². The summed E-state index contributed by atoms with van der Waals surface area (Å²) in [5.74, 6) is 0.871. The van der Waals surface area contributed by atoms with Gasteiger partial charge in [0.25, 0.3) is 0 Å². The van der Waals surface area contributed by atoms with E-state index in [1.165, 1.54) is 4.24 Å². The van der Waals surface area contributed by atoms with Crippen molar-refractivity contribution >= 4 is 29.1 Å². The number of hydrogen-bond acceptors (Lipinski definition) is 3. The van der Waals surface area contributed by atoms with E-state index in [2.05, 4.69) is 25.2 Å². The number of rotatable bonds is 5. The molecule has 16 heavy (non-hydrogen) atoms. The van der Waals surface area contributed by atoms with E-state index in [4.69, 9.17) is 4.74 Å². The number of hydrogen-bond donors (Lipinski definition) is 0. The Morgan fingerprint density at radius 2 is 1.75 bits per heavy atom. The van der Waals surface area contributed by atoms with E-state index < -0.39 is 0 Å². The fourth-order valence-electron chi connectivity index (χ4n) is 1.23. The number of allylic oxidation sites excluding steroid dienone is 2. The molecule has 0 spiro atoms. The summed E-state index contributed by atoms with van der Waals surface area (Å²) in [4.78, 5) is 0. The minimum atomic E-state index is 0.871. The lowest BCUT2D eigenvalue weighted by Crippen LogP contribution is -1.84. The Morgan fingerprint density at radius 3 is 2.19 bits per heavy atom. The van der Waals surface area contributed by atoms with E-state index in [-0.39, 0.29) is 0 Å². The minimum absolute atomic E-state index is 0.871. The van der Waals surface area contributed by atoms with Crippen molar-refractivity contribution in [3.8, 4) is 5.75 Å². The van der Waals surface area contributed by atoms with E-state index in [0.717, 1.165) is 16.9 Å². The van der Waals surface area contributed by atoms with Gasteiger partial charge in [-0.1, -0.05) is 18.7 Å². The van der Waals surface area contributed by atoms with Crippen LogP contribution in [0.4, 0.5) is 0 Å². The predicted molar refractivity (Wildman–Crippen MR) is 77.1 cm³/mol. The third kappa shape index (κ3) is 3.65. The van der Waals surface area contributed by atoms with Gasteiger partial charge in [0, 0.05) is 4.24 Å². The molecule has 0 atom stereocenters. The minimum Gasteiger partial charge on any atom is -0.497 e. The maximum atomic E-state index is 5.12. The summed E-state index contributed by atoms with van der Waals surface area (Å²) in [6.07, 6.45) is 6.25. The first-order valence-corrected chi connectivity index (χ1v) is 7.29. The van der Waals surface area contributed by atoms with E-state index in [1.807, 2.05) is 24.3 Å². The Balaban J connectivity index is 2.84. The highest BCUT2D eigenvalue weighted by molar-refractivity contribution is 8.21. The number of methoxy groups -OCH3 is 1. The van der Waals surface area contributed by atoms with Crippen LogP contribution in [-0.4, -0.2) is 19.6 Å². The molecule has 0 fully saturated rings. The second kappa shape index (κ2) is 6.71. The third-order valence-electron chi connectivity index (χ3n) is 2.16. The van der Waals surface area contributed by atoms with E-state index in [9.17, 15) is 0 Å². The molecule has 0 radical (unpaired) electrons. The largest absolute Gasteiger partial charge is 0.497 e. The van der Waals surface area contributed by atoms with Crippen LogP contribution in [0.5, 0.6) is 5.75 Å². The van der Waals surface area contributed by atoms with Gasteiger partial charge < -0.3 is 4.74 Å². The van der Waals surface area contributed by atoms with Crippen LogP contribution in [0, 0.1) is 0 Å². The predicted octanol–water partition coefficient (Wildman–Crippen LogP) is 4.28. The SMILES string of the molecule is C=C(C=C(SC)SC)c1ccc(OC)cc1. The molecule has 0 aliphatic heterocycles. The molecule has 3 heteroatoms. The molecule has 0 aromatic heterocycles. The molecule has 1 aromatic rings. The fraction of sp³-hybridized carbons (Fsp3) is 0.231. The highest BCUT2D eigenvalue weighted by Gasteiger charge is 1.99. The normalized spacial score (nSPS) is 9.69. The standard InChI is InChI=1S/C13H16OS2/c1-10(9-13(15-3)16-4)11-5-7-12(14-2)8-6-11/h5-9H,1H2,2-4H3. The van der Waals surface area contributed by atoms with E-state index >= 15 is 0 Å². The number of ether oxygens (including phenoxy) is 1. The molecular weight excluding hydrogens is 236 g/mol. The van der Waals surface area contributed by atoms with Crippen LogP contribution in [0.25, 0.3) is 5.57 Å². The van der Waals surface area contributed by atoms with Crippen LogP contribution in [0.3, 0.4) is 0 Å². The molecule has 0 saturated carbocycles. The Bertz CT molecular complexity index is 373. The lowest BCUT2D eigenvalue weighted by atomic mass is 10.1. The molecule has 1 aromatic carbocycles. The van der Waals surface area contributed by atoms with Crippen molar-refractivity contribution in [2.24, 2.45) is 0 Å². The fourth-order valence-corrected chi connectivity index (χ4v) is 2.42. The molecule has 0 aliphatic carbocycles. The summed E-state index contributed by atoms with van der Waals surface area (Å²) < 4.78 is 6.38. The maximum absolute atomic E-state index is 5.12. The van der Waals surface area contributed by atoms with Crippen molar-refractivity contribution in [1.82, 2.24) is 0 Å². The lowest BCUT2D eigenvalue weighted by molar-refractivity contribution is 0.415.